The fourth-order valence-electron chi connectivity index (χ4n) is 2.06. The molecule has 1 heterocycles. The zero-order valence-corrected chi connectivity index (χ0v) is 11.1. The number of hydrogen-bond donors (Lipinski definition) is 2. The third-order valence-electron chi connectivity index (χ3n) is 3.07. The molecule has 2 unspecified atom stereocenters. The Kier molecular flexibility index (Phi) is 7.21. The minimum atomic E-state index is 0.0478. The fraction of sp³-hybridized carbons (Fsp3) is 0.923. The second-order valence-corrected chi connectivity index (χ2v) is 4.87. The summed E-state index contributed by atoms with van der Waals surface area (Å²) in [7, 11) is 0. The molecule has 0 radical (unpaired) electrons. The molecule has 0 spiro atoms. The number of rotatable bonds is 7. The van der Waals surface area contributed by atoms with Crippen molar-refractivity contribution >= 4 is 5.91 Å². The summed E-state index contributed by atoms with van der Waals surface area (Å²) in [6.45, 7) is 6.66. The van der Waals surface area contributed by atoms with Crippen LogP contribution in [0.1, 0.15) is 46.0 Å². The van der Waals surface area contributed by atoms with Gasteiger partial charge in [0.25, 0.3) is 0 Å². The molecule has 2 N–H and O–H groups in total. The lowest BCUT2D eigenvalue weighted by Gasteiger charge is -2.24. The van der Waals surface area contributed by atoms with Crippen LogP contribution in [0.15, 0.2) is 0 Å². The van der Waals surface area contributed by atoms with Gasteiger partial charge in [0, 0.05) is 19.1 Å². The zero-order valence-electron chi connectivity index (χ0n) is 11.1. The van der Waals surface area contributed by atoms with Crippen molar-refractivity contribution in [1.29, 1.82) is 0 Å². The standard InChI is InChI=1S/C13H26N2O2/c1-3-4-5-6-11(2)15-13(16)9-12-10-14-7-8-17-12/h11-12,14H,3-10H2,1-2H3,(H,15,16). The highest BCUT2D eigenvalue weighted by Gasteiger charge is 2.18. The second-order valence-electron chi connectivity index (χ2n) is 4.87. The maximum absolute atomic E-state index is 11.7. The summed E-state index contributed by atoms with van der Waals surface area (Å²) < 4.78 is 5.51. The van der Waals surface area contributed by atoms with Crippen LogP contribution in [0.4, 0.5) is 0 Å². The van der Waals surface area contributed by atoms with Gasteiger partial charge in [-0.2, -0.15) is 0 Å². The molecule has 17 heavy (non-hydrogen) atoms. The number of nitrogens with one attached hydrogen (secondary N) is 2. The smallest absolute Gasteiger partial charge is 0.222 e. The van der Waals surface area contributed by atoms with Crippen molar-refractivity contribution in [2.24, 2.45) is 0 Å². The number of ether oxygens (including phenoxy) is 1. The molecule has 0 aromatic heterocycles. The Hall–Kier alpha value is -0.610. The van der Waals surface area contributed by atoms with Crippen LogP contribution in [-0.4, -0.2) is 37.7 Å². The normalized spacial score (nSPS) is 22.1. The fourth-order valence-corrected chi connectivity index (χ4v) is 2.06. The number of amides is 1. The predicted molar refractivity (Wildman–Crippen MR) is 69.0 cm³/mol. The molecule has 100 valence electrons. The highest BCUT2D eigenvalue weighted by atomic mass is 16.5. The summed E-state index contributed by atoms with van der Waals surface area (Å²) in [5, 5.41) is 6.27. The van der Waals surface area contributed by atoms with Gasteiger partial charge in [0.05, 0.1) is 19.1 Å². The minimum absolute atomic E-state index is 0.0478. The van der Waals surface area contributed by atoms with E-state index in [9.17, 15) is 4.79 Å². The van der Waals surface area contributed by atoms with Gasteiger partial charge in [0.2, 0.25) is 5.91 Å². The molecule has 1 amide bonds. The van der Waals surface area contributed by atoms with E-state index in [0.717, 1.165) is 19.5 Å². The zero-order chi connectivity index (χ0) is 12.5. The van der Waals surface area contributed by atoms with Gasteiger partial charge in [-0.25, -0.2) is 0 Å². The van der Waals surface area contributed by atoms with E-state index in [-0.39, 0.29) is 18.1 Å². The molecular formula is C13H26N2O2. The van der Waals surface area contributed by atoms with Crippen LogP contribution in [0, 0.1) is 0 Å². The first kappa shape index (κ1) is 14.5. The highest BCUT2D eigenvalue weighted by Crippen LogP contribution is 2.05. The van der Waals surface area contributed by atoms with Crippen molar-refractivity contribution in [2.45, 2.75) is 58.1 Å². The largest absolute Gasteiger partial charge is 0.375 e. The summed E-state index contributed by atoms with van der Waals surface area (Å²) in [6, 6.07) is 0.283. The second kappa shape index (κ2) is 8.48. The van der Waals surface area contributed by atoms with Crippen LogP contribution in [0.25, 0.3) is 0 Å². The third-order valence-corrected chi connectivity index (χ3v) is 3.07. The number of morpholine rings is 1. The summed E-state index contributed by atoms with van der Waals surface area (Å²) in [4.78, 5) is 11.7. The molecule has 4 heteroatoms. The molecule has 0 bridgehead atoms. The van der Waals surface area contributed by atoms with Crippen LogP contribution in [0.5, 0.6) is 0 Å². The molecule has 0 aliphatic carbocycles. The molecule has 0 aromatic rings. The maximum atomic E-state index is 11.7. The molecule has 1 rings (SSSR count). The van der Waals surface area contributed by atoms with Gasteiger partial charge in [0.1, 0.15) is 0 Å². The lowest BCUT2D eigenvalue weighted by atomic mass is 10.1. The Morgan fingerprint density at radius 1 is 1.53 bits per heavy atom. The van der Waals surface area contributed by atoms with Gasteiger partial charge < -0.3 is 15.4 Å². The van der Waals surface area contributed by atoms with E-state index in [1.54, 1.807) is 0 Å². The van der Waals surface area contributed by atoms with Crippen molar-refractivity contribution in [1.82, 2.24) is 10.6 Å². The molecular weight excluding hydrogens is 216 g/mol. The average molecular weight is 242 g/mol. The van der Waals surface area contributed by atoms with Crippen molar-refractivity contribution in [3.8, 4) is 0 Å². The molecule has 4 nitrogen and oxygen atoms in total. The maximum Gasteiger partial charge on any atom is 0.222 e. The van der Waals surface area contributed by atoms with Gasteiger partial charge in [-0.1, -0.05) is 26.2 Å². The van der Waals surface area contributed by atoms with Crippen molar-refractivity contribution < 1.29 is 9.53 Å². The van der Waals surface area contributed by atoms with Crippen LogP contribution in [0.3, 0.4) is 0 Å². The summed E-state index contributed by atoms with van der Waals surface area (Å²) in [5.74, 6) is 0.114. The molecule has 1 saturated heterocycles. The Labute approximate surface area is 104 Å². The van der Waals surface area contributed by atoms with Crippen molar-refractivity contribution in [3.05, 3.63) is 0 Å². The number of unbranched alkanes of at least 4 members (excludes halogenated alkanes) is 2. The third kappa shape index (κ3) is 6.64. The van der Waals surface area contributed by atoms with Crippen molar-refractivity contribution in [3.63, 3.8) is 0 Å². The Bertz CT molecular complexity index is 215. The van der Waals surface area contributed by atoms with Crippen LogP contribution in [0.2, 0.25) is 0 Å². The molecule has 0 saturated carbocycles. The predicted octanol–water partition coefficient (Wildman–Crippen LogP) is 1.45. The first-order chi connectivity index (χ1) is 8.22. The van der Waals surface area contributed by atoms with Gasteiger partial charge in [0.15, 0.2) is 0 Å². The molecule has 2 atom stereocenters. The van der Waals surface area contributed by atoms with Crippen LogP contribution in [-0.2, 0) is 9.53 Å². The Morgan fingerprint density at radius 2 is 2.35 bits per heavy atom. The van der Waals surface area contributed by atoms with E-state index in [1.807, 2.05) is 0 Å². The first-order valence-corrected chi connectivity index (χ1v) is 6.84. The summed E-state index contributed by atoms with van der Waals surface area (Å²) in [6.07, 6.45) is 5.26. The van der Waals surface area contributed by atoms with Crippen LogP contribution < -0.4 is 10.6 Å². The molecule has 1 fully saturated rings. The first-order valence-electron chi connectivity index (χ1n) is 6.84. The van der Waals surface area contributed by atoms with Gasteiger partial charge in [-0.3, -0.25) is 4.79 Å². The monoisotopic (exact) mass is 242 g/mol. The van der Waals surface area contributed by atoms with Gasteiger partial charge in [-0.05, 0) is 13.3 Å². The molecule has 0 aromatic carbocycles. The van der Waals surface area contributed by atoms with E-state index < -0.39 is 0 Å². The number of carbonyl (C=O) groups is 1. The van der Waals surface area contributed by atoms with E-state index in [0.29, 0.717) is 13.0 Å². The lowest BCUT2D eigenvalue weighted by Crippen LogP contribution is -2.42. The average Bonchev–Trinajstić information content (AvgIpc) is 2.30. The number of carbonyl (C=O) groups excluding carboxylic acids is 1. The van der Waals surface area contributed by atoms with E-state index in [1.165, 1.54) is 19.3 Å². The van der Waals surface area contributed by atoms with Gasteiger partial charge >= 0.3 is 0 Å². The molecule has 1 aliphatic heterocycles. The highest BCUT2D eigenvalue weighted by molar-refractivity contribution is 5.76. The van der Waals surface area contributed by atoms with E-state index in [2.05, 4.69) is 24.5 Å². The van der Waals surface area contributed by atoms with Crippen LogP contribution >= 0.6 is 0 Å². The summed E-state index contributed by atoms with van der Waals surface area (Å²) in [5.41, 5.74) is 0. The minimum Gasteiger partial charge on any atom is -0.375 e. The number of hydrogen-bond acceptors (Lipinski definition) is 3. The van der Waals surface area contributed by atoms with Crippen molar-refractivity contribution in [2.75, 3.05) is 19.7 Å². The Balaban J connectivity index is 2.10. The Morgan fingerprint density at radius 3 is 3.00 bits per heavy atom. The summed E-state index contributed by atoms with van der Waals surface area (Å²) >= 11 is 0. The quantitative estimate of drug-likeness (QED) is 0.664. The SMILES string of the molecule is CCCCCC(C)NC(=O)CC1CNCCO1. The molecule has 1 aliphatic rings. The topological polar surface area (TPSA) is 50.4 Å². The van der Waals surface area contributed by atoms with Gasteiger partial charge in [-0.15, -0.1) is 0 Å². The lowest BCUT2D eigenvalue weighted by molar-refractivity contribution is -0.125. The van der Waals surface area contributed by atoms with E-state index in [4.69, 9.17) is 4.74 Å². The van der Waals surface area contributed by atoms with E-state index >= 15 is 0 Å².